The van der Waals surface area contributed by atoms with Gasteiger partial charge in [-0.1, -0.05) is 16.8 Å². The molecule has 0 aliphatic rings. The van der Waals surface area contributed by atoms with Crippen molar-refractivity contribution >= 4 is 33.5 Å². The van der Waals surface area contributed by atoms with Gasteiger partial charge in [0.2, 0.25) is 0 Å². The molecule has 5 nitrogen and oxygen atoms in total. The highest BCUT2D eigenvalue weighted by Crippen LogP contribution is 2.27. The first kappa shape index (κ1) is 11.1. The van der Waals surface area contributed by atoms with E-state index in [-0.39, 0.29) is 10.7 Å². The summed E-state index contributed by atoms with van der Waals surface area (Å²) in [4.78, 5) is 14.7. The van der Waals surface area contributed by atoms with E-state index in [0.717, 1.165) is 0 Å². The van der Waals surface area contributed by atoms with Gasteiger partial charge in [0.25, 0.3) is 0 Å². The van der Waals surface area contributed by atoms with E-state index in [1.807, 2.05) is 0 Å². The Bertz CT molecular complexity index is 555. The van der Waals surface area contributed by atoms with E-state index in [1.165, 1.54) is 12.3 Å². The van der Waals surface area contributed by atoms with Crippen LogP contribution in [0.25, 0.3) is 11.3 Å². The molecule has 0 saturated heterocycles. The van der Waals surface area contributed by atoms with Crippen molar-refractivity contribution in [3.8, 4) is 11.3 Å². The summed E-state index contributed by atoms with van der Waals surface area (Å²) in [6.07, 6.45) is 1.37. The maximum absolute atomic E-state index is 10.8. The summed E-state index contributed by atoms with van der Waals surface area (Å²) < 4.78 is 5.17. The van der Waals surface area contributed by atoms with Crippen molar-refractivity contribution in [2.45, 2.75) is 0 Å². The van der Waals surface area contributed by atoms with Crippen LogP contribution in [0.15, 0.2) is 27.5 Å². The first-order valence-corrected chi connectivity index (χ1v) is 5.27. The number of halogens is 2. The Morgan fingerprint density at radius 1 is 1.50 bits per heavy atom. The minimum absolute atomic E-state index is 0.0869. The summed E-state index contributed by atoms with van der Waals surface area (Å²) in [6.45, 7) is 0. The number of aromatic carboxylic acids is 1. The average molecular weight is 303 g/mol. The normalized spacial score (nSPS) is 10.4. The molecule has 16 heavy (non-hydrogen) atoms. The Kier molecular flexibility index (Phi) is 2.93. The number of nitrogens with zero attached hydrogens (tertiary/aromatic N) is 2. The Labute approximate surface area is 103 Å². The van der Waals surface area contributed by atoms with E-state index in [1.54, 1.807) is 6.07 Å². The van der Waals surface area contributed by atoms with E-state index in [9.17, 15) is 4.79 Å². The van der Waals surface area contributed by atoms with Crippen LogP contribution in [0.3, 0.4) is 0 Å². The minimum Gasteiger partial charge on any atom is -0.476 e. The summed E-state index contributed by atoms with van der Waals surface area (Å²) >= 11 is 8.86. The van der Waals surface area contributed by atoms with E-state index < -0.39 is 5.97 Å². The largest absolute Gasteiger partial charge is 0.476 e. The van der Waals surface area contributed by atoms with Crippen molar-refractivity contribution in [3.05, 3.63) is 33.7 Å². The molecule has 2 heterocycles. The summed E-state index contributed by atoms with van der Waals surface area (Å²) in [5.41, 5.74) is 0.793. The third-order valence-corrected chi connectivity index (χ3v) is 2.73. The van der Waals surface area contributed by atoms with Crippen molar-refractivity contribution in [1.82, 2.24) is 10.1 Å². The minimum atomic E-state index is -1.18. The Hall–Kier alpha value is -1.40. The summed E-state index contributed by atoms with van der Waals surface area (Å²) in [5, 5.41) is 12.6. The zero-order valence-corrected chi connectivity index (χ0v) is 9.99. The smallest absolute Gasteiger partial charge is 0.356 e. The first-order valence-electron chi connectivity index (χ1n) is 4.09. The molecule has 0 fully saturated rings. The number of carboxylic acid groups (broad SMARTS) is 1. The molecule has 0 atom stereocenters. The topological polar surface area (TPSA) is 76.2 Å². The van der Waals surface area contributed by atoms with Crippen LogP contribution in [0.2, 0.25) is 5.02 Å². The highest BCUT2D eigenvalue weighted by atomic mass is 79.9. The van der Waals surface area contributed by atoms with Crippen molar-refractivity contribution in [1.29, 1.82) is 0 Å². The predicted octanol–water partition coefficient (Wildman–Crippen LogP) is 2.85. The standard InChI is InChI=1S/C9H4BrClN2O3/c10-8-4(3-16-13-8)6-2-1-5(11)7(12-6)9(14)15/h1-3H,(H,14,15). The molecular weight excluding hydrogens is 299 g/mol. The quantitative estimate of drug-likeness (QED) is 0.923. The van der Waals surface area contributed by atoms with E-state index in [2.05, 4.69) is 26.1 Å². The van der Waals surface area contributed by atoms with E-state index >= 15 is 0 Å². The SMILES string of the molecule is O=C(O)c1nc(-c2conc2Br)ccc1Cl. The molecule has 0 amide bonds. The molecule has 0 unspecified atom stereocenters. The second-order valence-corrected chi connectivity index (χ2v) is 4.01. The van der Waals surface area contributed by atoms with Crippen LogP contribution in [0, 0.1) is 0 Å². The van der Waals surface area contributed by atoms with Gasteiger partial charge in [-0.05, 0) is 28.1 Å². The highest BCUT2D eigenvalue weighted by Gasteiger charge is 2.15. The molecular formula is C9H4BrClN2O3. The van der Waals surface area contributed by atoms with Crippen LogP contribution in [-0.4, -0.2) is 21.2 Å². The fourth-order valence-electron chi connectivity index (χ4n) is 1.13. The molecule has 0 aliphatic heterocycles. The lowest BCUT2D eigenvalue weighted by Crippen LogP contribution is -2.02. The van der Waals surface area contributed by atoms with Gasteiger partial charge in [-0.25, -0.2) is 9.78 Å². The number of carboxylic acids is 1. The van der Waals surface area contributed by atoms with Crippen LogP contribution < -0.4 is 0 Å². The number of carbonyl (C=O) groups is 1. The number of hydrogen-bond donors (Lipinski definition) is 1. The Morgan fingerprint density at radius 2 is 2.25 bits per heavy atom. The lowest BCUT2D eigenvalue weighted by Gasteiger charge is -2.01. The number of pyridine rings is 1. The maximum atomic E-state index is 10.8. The third-order valence-electron chi connectivity index (χ3n) is 1.85. The van der Waals surface area contributed by atoms with Gasteiger partial charge in [-0.15, -0.1) is 0 Å². The number of aromatic nitrogens is 2. The van der Waals surface area contributed by atoms with Crippen LogP contribution in [0.5, 0.6) is 0 Å². The van der Waals surface area contributed by atoms with Gasteiger partial charge >= 0.3 is 5.97 Å². The zero-order chi connectivity index (χ0) is 11.7. The van der Waals surface area contributed by atoms with Gasteiger partial charge in [0.1, 0.15) is 6.26 Å². The highest BCUT2D eigenvalue weighted by molar-refractivity contribution is 9.10. The van der Waals surface area contributed by atoms with Gasteiger partial charge in [-0.3, -0.25) is 0 Å². The predicted molar refractivity (Wildman–Crippen MR) is 59.4 cm³/mol. The molecule has 1 N–H and O–H groups in total. The van der Waals surface area contributed by atoms with Crippen LogP contribution in [-0.2, 0) is 0 Å². The molecule has 0 aromatic carbocycles. The Morgan fingerprint density at radius 3 is 2.81 bits per heavy atom. The molecule has 2 aromatic rings. The van der Waals surface area contributed by atoms with Crippen LogP contribution in [0.4, 0.5) is 0 Å². The first-order chi connectivity index (χ1) is 7.59. The summed E-state index contributed by atoms with van der Waals surface area (Å²) in [5.74, 6) is -1.18. The summed E-state index contributed by atoms with van der Waals surface area (Å²) in [6, 6.07) is 3.05. The van der Waals surface area contributed by atoms with E-state index in [4.69, 9.17) is 21.2 Å². The molecule has 0 aliphatic carbocycles. The molecule has 0 saturated carbocycles. The van der Waals surface area contributed by atoms with Crippen LogP contribution in [0.1, 0.15) is 10.5 Å². The number of hydrogen-bond acceptors (Lipinski definition) is 4. The second-order valence-electron chi connectivity index (χ2n) is 2.85. The molecule has 0 bridgehead atoms. The van der Waals surface area contributed by atoms with Crippen molar-refractivity contribution in [3.63, 3.8) is 0 Å². The fraction of sp³-hybridized carbons (Fsp3) is 0. The van der Waals surface area contributed by atoms with Crippen molar-refractivity contribution < 1.29 is 14.4 Å². The van der Waals surface area contributed by atoms with E-state index in [0.29, 0.717) is 15.9 Å². The lowest BCUT2D eigenvalue weighted by molar-refractivity contribution is 0.0691. The monoisotopic (exact) mass is 302 g/mol. The van der Waals surface area contributed by atoms with Gasteiger partial charge in [0.05, 0.1) is 16.3 Å². The maximum Gasteiger partial charge on any atom is 0.356 e. The summed E-state index contributed by atoms with van der Waals surface area (Å²) in [7, 11) is 0. The molecule has 7 heteroatoms. The third kappa shape index (κ3) is 1.94. The molecule has 0 spiro atoms. The molecule has 0 radical (unpaired) electrons. The average Bonchev–Trinajstić information content (AvgIpc) is 2.65. The molecule has 2 rings (SSSR count). The molecule has 82 valence electrons. The van der Waals surface area contributed by atoms with Crippen molar-refractivity contribution in [2.24, 2.45) is 0 Å². The van der Waals surface area contributed by atoms with Gasteiger partial charge in [-0.2, -0.15) is 0 Å². The second kappa shape index (κ2) is 4.23. The van der Waals surface area contributed by atoms with Gasteiger partial charge in [0, 0.05) is 0 Å². The lowest BCUT2D eigenvalue weighted by atomic mass is 10.2. The Balaban J connectivity index is 2.56. The fourth-order valence-corrected chi connectivity index (χ4v) is 1.70. The van der Waals surface area contributed by atoms with Gasteiger partial charge in [0.15, 0.2) is 10.3 Å². The van der Waals surface area contributed by atoms with Crippen LogP contribution >= 0.6 is 27.5 Å². The number of rotatable bonds is 2. The zero-order valence-electron chi connectivity index (χ0n) is 7.65. The molecule has 2 aromatic heterocycles. The van der Waals surface area contributed by atoms with Gasteiger partial charge < -0.3 is 9.63 Å². The van der Waals surface area contributed by atoms with Crippen molar-refractivity contribution in [2.75, 3.05) is 0 Å².